The SMILES string of the molecule is Cc1ccc(OCCC(=O)N2C[C@H]3CNC[C@H]3C2)c(C)c1.Cl. The quantitative estimate of drug-likeness (QED) is 0.923. The molecule has 0 spiro atoms. The number of hydrogen-bond acceptors (Lipinski definition) is 3. The molecule has 1 N–H and O–H groups in total. The predicted molar refractivity (Wildman–Crippen MR) is 89.7 cm³/mol. The molecule has 0 saturated carbocycles. The zero-order chi connectivity index (χ0) is 14.8. The summed E-state index contributed by atoms with van der Waals surface area (Å²) < 4.78 is 5.76. The number of halogens is 1. The molecule has 2 heterocycles. The summed E-state index contributed by atoms with van der Waals surface area (Å²) in [4.78, 5) is 14.2. The minimum absolute atomic E-state index is 0. The third-order valence-electron chi connectivity index (χ3n) is 4.65. The number of fused-ring (bicyclic) bond motifs is 1. The lowest BCUT2D eigenvalue weighted by molar-refractivity contribution is -0.130. The lowest BCUT2D eigenvalue weighted by atomic mass is 10.0. The van der Waals surface area contributed by atoms with Gasteiger partial charge in [-0.15, -0.1) is 12.4 Å². The van der Waals surface area contributed by atoms with Gasteiger partial charge in [-0.2, -0.15) is 0 Å². The van der Waals surface area contributed by atoms with Gasteiger partial charge in [-0.3, -0.25) is 4.79 Å². The van der Waals surface area contributed by atoms with E-state index in [4.69, 9.17) is 4.74 Å². The average Bonchev–Trinajstić information content (AvgIpc) is 3.02. The van der Waals surface area contributed by atoms with Gasteiger partial charge in [0.25, 0.3) is 0 Å². The molecule has 3 rings (SSSR count). The summed E-state index contributed by atoms with van der Waals surface area (Å²) in [5.74, 6) is 2.44. The average molecular weight is 325 g/mol. The second-order valence-corrected chi connectivity index (χ2v) is 6.34. The summed E-state index contributed by atoms with van der Waals surface area (Å²) in [6.45, 7) is 8.53. The number of carbonyl (C=O) groups is 1. The van der Waals surface area contributed by atoms with Gasteiger partial charge in [0.05, 0.1) is 13.0 Å². The van der Waals surface area contributed by atoms with Crippen LogP contribution in [0, 0.1) is 25.7 Å². The fourth-order valence-corrected chi connectivity index (χ4v) is 3.43. The van der Waals surface area contributed by atoms with Crippen molar-refractivity contribution in [1.82, 2.24) is 10.2 Å². The largest absolute Gasteiger partial charge is 0.493 e. The second-order valence-electron chi connectivity index (χ2n) is 6.34. The first-order chi connectivity index (χ1) is 10.1. The highest BCUT2D eigenvalue weighted by atomic mass is 35.5. The van der Waals surface area contributed by atoms with Crippen molar-refractivity contribution in [3.05, 3.63) is 29.3 Å². The molecule has 122 valence electrons. The van der Waals surface area contributed by atoms with E-state index < -0.39 is 0 Å². The zero-order valence-corrected chi connectivity index (χ0v) is 14.1. The number of nitrogens with one attached hydrogen (secondary N) is 1. The molecule has 0 radical (unpaired) electrons. The van der Waals surface area contributed by atoms with Crippen molar-refractivity contribution in [2.75, 3.05) is 32.8 Å². The Morgan fingerprint density at radius 3 is 2.59 bits per heavy atom. The van der Waals surface area contributed by atoms with Gasteiger partial charge in [0.2, 0.25) is 5.91 Å². The van der Waals surface area contributed by atoms with Crippen molar-refractivity contribution < 1.29 is 9.53 Å². The van der Waals surface area contributed by atoms with Gasteiger partial charge in [-0.25, -0.2) is 0 Å². The van der Waals surface area contributed by atoms with Crippen LogP contribution in [0.1, 0.15) is 17.5 Å². The molecule has 0 bridgehead atoms. The Morgan fingerprint density at radius 2 is 1.95 bits per heavy atom. The van der Waals surface area contributed by atoms with Gasteiger partial charge >= 0.3 is 0 Å². The first kappa shape index (κ1) is 17.1. The lowest BCUT2D eigenvalue weighted by Crippen LogP contribution is -2.32. The van der Waals surface area contributed by atoms with Crippen molar-refractivity contribution in [2.24, 2.45) is 11.8 Å². The molecule has 5 heteroatoms. The minimum atomic E-state index is 0. The fourth-order valence-electron chi connectivity index (χ4n) is 3.43. The third-order valence-corrected chi connectivity index (χ3v) is 4.65. The second kappa shape index (κ2) is 7.34. The van der Waals surface area contributed by atoms with E-state index in [2.05, 4.69) is 18.3 Å². The summed E-state index contributed by atoms with van der Waals surface area (Å²) in [7, 11) is 0. The summed E-state index contributed by atoms with van der Waals surface area (Å²) in [6, 6.07) is 6.13. The van der Waals surface area contributed by atoms with Crippen LogP contribution in [0.3, 0.4) is 0 Å². The highest BCUT2D eigenvalue weighted by Gasteiger charge is 2.37. The number of amides is 1. The standard InChI is InChI=1S/C17H24N2O2.ClH/c1-12-3-4-16(13(2)7-12)21-6-5-17(20)19-10-14-8-18-9-15(14)11-19;/h3-4,7,14-15,18H,5-6,8-11H2,1-2H3;1H/t14-,15+;. The van der Waals surface area contributed by atoms with Crippen molar-refractivity contribution >= 4 is 18.3 Å². The Morgan fingerprint density at radius 1 is 1.27 bits per heavy atom. The number of ether oxygens (including phenoxy) is 1. The molecule has 0 aliphatic carbocycles. The molecular weight excluding hydrogens is 300 g/mol. The molecule has 2 atom stereocenters. The molecule has 4 nitrogen and oxygen atoms in total. The maximum Gasteiger partial charge on any atom is 0.226 e. The van der Waals surface area contributed by atoms with E-state index in [1.807, 2.05) is 24.0 Å². The van der Waals surface area contributed by atoms with Gasteiger partial charge in [0, 0.05) is 26.2 Å². The first-order valence-corrected chi connectivity index (χ1v) is 7.82. The summed E-state index contributed by atoms with van der Waals surface area (Å²) in [5.41, 5.74) is 2.36. The van der Waals surface area contributed by atoms with Gasteiger partial charge in [-0.1, -0.05) is 17.7 Å². The van der Waals surface area contributed by atoms with Crippen molar-refractivity contribution in [3.8, 4) is 5.75 Å². The molecule has 0 aromatic heterocycles. The minimum Gasteiger partial charge on any atom is -0.493 e. The molecule has 2 aliphatic rings. The monoisotopic (exact) mass is 324 g/mol. The Labute approximate surface area is 138 Å². The summed E-state index contributed by atoms with van der Waals surface area (Å²) in [5, 5.41) is 3.40. The number of carbonyl (C=O) groups excluding carboxylic acids is 1. The van der Waals surface area contributed by atoms with E-state index in [1.165, 1.54) is 5.56 Å². The molecule has 1 aromatic rings. The number of nitrogens with zero attached hydrogens (tertiary/aromatic N) is 1. The van der Waals surface area contributed by atoms with Crippen molar-refractivity contribution in [3.63, 3.8) is 0 Å². The third kappa shape index (κ3) is 3.73. The van der Waals surface area contributed by atoms with Crippen LogP contribution in [0.5, 0.6) is 5.75 Å². The van der Waals surface area contributed by atoms with E-state index in [1.54, 1.807) is 0 Å². The fraction of sp³-hybridized carbons (Fsp3) is 0.588. The lowest BCUT2D eigenvalue weighted by Gasteiger charge is -2.18. The van der Waals surface area contributed by atoms with Crippen LogP contribution in [-0.4, -0.2) is 43.6 Å². The Bertz CT molecular complexity index is 523. The number of hydrogen-bond donors (Lipinski definition) is 1. The van der Waals surface area contributed by atoms with Crippen LogP contribution in [-0.2, 0) is 4.79 Å². The molecule has 2 saturated heterocycles. The Hall–Kier alpha value is -1.26. The van der Waals surface area contributed by atoms with Crippen LogP contribution in [0.25, 0.3) is 0 Å². The Balaban J connectivity index is 0.00000176. The van der Waals surface area contributed by atoms with Crippen molar-refractivity contribution in [2.45, 2.75) is 20.3 Å². The number of rotatable bonds is 4. The number of benzene rings is 1. The van der Waals surface area contributed by atoms with Crippen LogP contribution < -0.4 is 10.1 Å². The van der Waals surface area contributed by atoms with E-state index in [0.717, 1.165) is 37.5 Å². The molecule has 2 aliphatic heterocycles. The Kier molecular flexibility index (Phi) is 5.70. The molecule has 1 aromatic carbocycles. The van der Waals surface area contributed by atoms with Crippen LogP contribution >= 0.6 is 12.4 Å². The predicted octanol–water partition coefficient (Wildman–Crippen LogP) is 2.17. The molecule has 22 heavy (non-hydrogen) atoms. The molecule has 1 amide bonds. The first-order valence-electron chi connectivity index (χ1n) is 7.82. The van der Waals surface area contributed by atoms with Gasteiger partial charge in [-0.05, 0) is 37.3 Å². The zero-order valence-electron chi connectivity index (χ0n) is 13.3. The smallest absolute Gasteiger partial charge is 0.226 e. The van der Waals surface area contributed by atoms with E-state index in [9.17, 15) is 4.79 Å². The summed E-state index contributed by atoms with van der Waals surface area (Å²) in [6.07, 6.45) is 0.472. The van der Waals surface area contributed by atoms with E-state index >= 15 is 0 Å². The van der Waals surface area contributed by atoms with Crippen LogP contribution in [0.2, 0.25) is 0 Å². The van der Waals surface area contributed by atoms with E-state index in [0.29, 0.717) is 24.9 Å². The normalized spacial score (nSPS) is 23.1. The van der Waals surface area contributed by atoms with Crippen LogP contribution in [0.4, 0.5) is 0 Å². The van der Waals surface area contributed by atoms with Gasteiger partial charge in [0.15, 0.2) is 0 Å². The number of likely N-dealkylation sites (tertiary alicyclic amines) is 1. The van der Waals surface area contributed by atoms with Gasteiger partial charge in [0.1, 0.15) is 5.75 Å². The number of aryl methyl sites for hydroxylation is 2. The van der Waals surface area contributed by atoms with Gasteiger partial charge < -0.3 is 15.0 Å². The highest BCUT2D eigenvalue weighted by molar-refractivity contribution is 5.85. The van der Waals surface area contributed by atoms with E-state index in [-0.39, 0.29) is 18.3 Å². The van der Waals surface area contributed by atoms with Crippen LogP contribution in [0.15, 0.2) is 18.2 Å². The molecular formula is C17H25ClN2O2. The maximum atomic E-state index is 12.2. The maximum absolute atomic E-state index is 12.2. The molecule has 0 unspecified atom stereocenters. The topological polar surface area (TPSA) is 41.6 Å². The highest BCUT2D eigenvalue weighted by Crippen LogP contribution is 2.26. The molecule has 2 fully saturated rings. The van der Waals surface area contributed by atoms with Crippen molar-refractivity contribution in [1.29, 1.82) is 0 Å². The summed E-state index contributed by atoms with van der Waals surface area (Å²) >= 11 is 0.